The Labute approximate surface area is 81.4 Å². The lowest BCUT2D eigenvalue weighted by Gasteiger charge is -2.18. The van der Waals surface area contributed by atoms with Crippen molar-refractivity contribution in [1.29, 1.82) is 0 Å². The molecular formula is C11H12F2O. The number of hydrogen-bond acceptors (Lipinski definition) is 1. The fourth-order valence-electron chi connectivity index (χ4n) is 2.27. The van der Waals surface area contributed by atoms with Crippen molar-refractivity contribution in [2.24, 2.45) is 0 Å². The lowest BCUT2D eigenvalue weighted by Crippen LogP contribution is -2.14. The smallest absolute Gasteiger partial charge is 0.130 e. The van der Waals surface area contributed by atoms with E-state index in [9.17, 15) is 13.9 Å². The van der Waals surface area contributed by atoms with Crippen molar-refractivity contribution in [1.82, 2.24) is 0 Å². The van der Waals surface area contributed by atoms with Crippen LogP contribution in [0, 0.1) is 11.6 Å². The second-order valence-corrected chi connectivity index (χ2v) is 4.46. The van der Waals surface area contributed by atoms with Crippen LogP contribution in [0.2, 0.25) is 0 Å². The van der Waals surface area contributed by atoms with E-state index in [1.165, 1.54) is 6.07 Å². The molecular weight excluding hydrogens is 186 g/mol. The van der Waals surface area contributed by atoms with Gasteiger partial charge in [-0.15, -0.1) is 0 Å². The van der Waals surface area contributed by atoms with E-state index in [4.69, 9.17) is 0 Å². The van der Waals surface area contributed by atoms with Gasteiger partial charge in [0.1, 0.15) is 11.6 Å². The number of aliphatic hydroxyl groups is 1. The number of aliphatic hydroxyl groups excluding tert-OH is 1. The Hall–Kier alpha value is -0.960. The van der Waals surface area contributed by atoms with Crippen LogP contribution in [-0.2, 0) is 5.41 Å². The van der Waals surface area contributed by atoms with Crippen LogP contribution in [0.4, 0.5) is 8.78 Å². The minimum atomic E-state index is -0.745. The lowest BCUT2D eigenvalue weighted by molar-refractivity contribution is 0.161. The molecule has 0 amide bonds. The van der Waals surface area contributed by atoms with Crippen LogP contribution in [0.1, 0.15) is 37.5 Å². The number of halogens is 2. The first-order valence-corrected chi connectivity index (χ1v) is 4.59. The molecule has 1 aromatic rings. The van der Waals surface area contributed by atoms with Crippen molar-refractivity contribution in [3.05, 3.63) is 34.9 Å². The minimum absolute atomic E-state index is 0.396. The van der Waals surface area contributed by atoms with E-state index in [-0.39, 0.29) is 0 Å². The molecule has 0 aliphatic heterocycles. The molecule has 1 aliphatic carbocycles. The molecule has 14 heavy (non-hydrogen) atoms. The zero-order valence-corrected chi connectivity index (χ0v) is 8.14. The van der Waals surface area contributed by atoms with Crippen molar-refractivity contribution in [2.45, 2.75) is 31.8 Å². The third kappa shape index (κ3) is 1.23. The summed E-state index contributed by atoms with van der Waals surface area (Å²) in [5, 5.41) is 9.63. The molecule has 0 unspecified atom stereocenters. The Balaban J connectivity index is 2.69. The molecule has 0 spiro atoms. The Bertz CT molecular complexity index is 385. The quantitative estimate of drug-likeness (QED) is 0.679. The van der Waals surface area contributed by atoms with Crippen LogP contribution in [0.5, 0.6) is 0 Å². The highest BCUT2D eigenvalue weighted by Gasteiger charge is 2.38. The molecule has 76 valence electrons. The molecule has 0 radical (unpaired) electrons. The van der Waals surface area contributed by atoms with E-state index in [0.29, 0.717) is 17.5 Å². The molecule has 1 atom stereocenters. The van der Waals surface area contributed by atoms with Crippen LogP contribution in [0.3, 0.4) is 0 Å². The van der Waals surface area contributed by atoms with E-state index in [1.54, 1.807) is 0 Å². The first kappa shape index (κ1) is 9.59. The van der Waals surface area contributed by atoms with Crippen molar-refractivity contribution < 1.29 is 13.9 Å². The standard InChI is InChI=1S/C11H12F2O/c1-11(2)5-9(14)7-3-6(12)4-8(13)10(7)11/h3-4,9,14H,5H2,1-2H3/t9-/m0/s1. The summed E-state index contributed by atoms with van der Waals surface area (Å²) >= 11 is 0. The normalized spacial score (nSPS) is 23.6. The molecule has 2 rings (SSSR count). The van der Waals surface area contributed by atoms with Gasteiger partial charge < -0.3 is 5.11 Å². The molecule has 0 bridgehead atoms. The van der Waals surface area contributed by atoms with Crippen molar-refractivity contribution in [3.63, 3.8) is 0 Å². The number of fused-ring (bicyclic) bond motifs is 1. The van der Waals surface area contributed by atoms with E-state index >= 15 is 0 Å². The summed E-state index contributed by atoms with van der Waals surface area (Å²) in [7, 11) is 0. The van der Waals surface area contributed by atoms with Crippen molar-refractivity contribution >= 4 is 0 Å². The summed E-state index contributed by atoms with van der Waals surface area (Å²) in [5.41, 5.74) is 0.436. The van der Waals surface area contributed by atoms with Crippen molar-refractivity contribution in [3.8, 4) is 0 Å². The number of hydrogen-bond donors (Lipinski definition) is 1. The zero-order chi connectivity index (χ0) is 10.5. The molecule has 1 aromatic carbocycles. The summed E-state index contributed by atoms with van der Waals surface area (Å²) in [6.07, 6.45) is -0.298. The molecule has 0 saturated carbocycles. The Morgan fingerprint density at radius 1 is 1.36 bits per heavy atom. The number of benzene rings is 1. The van der Waals surface area contributed by atoms with Gasteiger partial charge in [0.05, 0.1) is 6.10 Å². The van der Waals surface area contributed by atoms with Crippen LogP contribution < -0.4 is 0 Å². The Morgan fingerprint density at radius 2 is 2.00 bits per heavy atom. The molecule has 3 heteroatoms. The topological polar surface area (TPSA) is 20.2 Å². The molecule has 0 aromatic heterocycles. The van der Waals surface area contributed by atoms with Gasteiger partial charge in [0.25, 0.3) is 0 Å². The van der Waals surface area contributed by atoms with E-state index in [1.807, 2.05) is 13.8 Å². The van der Waals surface area contributed by atoms with Crippen LogP contribution >= 0.6 is 0 Å². The maximum Gasteiger partial charge on any atom is 0.130 e. The average Bonchev–Trinajstić information content (AvgIpc) is 2.21. The van der Waals surface area contributed by atoms with Gasteiger partial charge in [-0.1, -0.05) is 13.8 Å². The summed E-state index contributed by atoms with van der Waals surface area (Å²) < 4.78 is 26.4. The molecule has 1 N–H and O–H groups in total. The highest BCUT2D eigenvalue weighted by atomic mass is 19.1. The van der Waals surface area contributed by atoms with Crippen LogP contribution in [-0.4, -0.2) is 5.11 Å². The Morgan fingerprint density at radius 3 is 2.64 bits per heavy atom. The zero-order valence-electron chi connectivity index (χ0n) is 8.14. The van der Waals surface area contributed by atoms with Gasteiger partial charge in [-0.2, -0.15) is 0 Å². The van der Waals surface area contributed by atoms with Gasteiger partial charge in [0.15, 0.2) is 0 Å². The molecule has 0 heterocycles. The lowest BCUT2D eigenvalue weighted by atomic mass is 9.86. The van der Waals surface area contributed by atoms with Crippen molar-refractivity contribution in [2.75, 3.05) is 0 Å². The molecule has 1 aliphatic rings. The summed E-state index contributed by atoms with van der Waals surface area (Å²) in [6.45, 7) is 3.70. The molecule has 0 fully saturated rings. The molecule has 1 nitrogen and oxygen atoms in total. The third-order valence-corrected chi connectivity index (χ3v) is 2.82. The largest absolute Gasteiger partial charge is 0.388 e. The average molecular weight is 198 g/mol. The van der Waals surface area contributed by atoms with Crippen LogP contribution in [0.25, 0.3) is 0 Å². The van der Waals surface area contributed by atoms with E-state index in [2.05, 4.69) is 0 Å². The molecule has 0 saturated heterocycles. The van der Waals surface area contributed by atoms with E-state index in [0.717, 1.165) is 6.07 Å². The third-order valence-electron chi connectivity index (χ3n) is 2.82. The van der Waals surface area contributed by atoms with Gasteiger partial charge in [0, 0.05) is 6.07 Å². The second kappa shape index (κ2) is 2.76. The monoisotopic (exact) mass is 198 g/mol. The SMILES string of the molecule is CC1(C)C[C@H](O)c2cc(F)cc(F)c21. The highest BCUT2D eigenvalue weighted by Crippen LogP contribution is 2.45. The summed E-state index contributed by atoms with van der Waals surface area (Å²) in [4.78, 5) is 0. The minimum Gasteiger partial charge on any atom is -0.388 e. The first-order valence-electron chi connectivity index (χ1n) is 4.59. The fourth-order valence-corrected chi connectivity index (χ4v) is 2.27. The maximum atomic E-state index is 13.5. The maximum absolute atomic E-state index is 13.5. The highest BCUT2D eigenvalue weighted by molar-refractivity contribution is 5.41. The van der Waals surface area contributed by atoms with Gasteiger partial charge in [0.2, 0.25) is 0 Å². The second-order valence-electron chi connectivity index (χ2n) is 4.46. The summed E-state index contributed by atoms with van der Waals surface area (Å²) in [5.74, 6) is -1.18. The van der Waals surface area contributed by atoms with Gasteiger partial charge in [-0.05, 0) is 29.0 Å². The predicted molar refractivity (Wildman–Crippen MR) is 49.0 cm³/mol. The van der Waals surface area contributed by atoms with Gasteiger partial charge in [-0.25, -0.2) is 8.78 Å². The van der Waals surface area contributed by atoms with Gasteiger partial charge in [-0.3, -0.25) is 0 Å². The first-order chi connectivity index (χ1) is 6.42. The Kier molecular flexibility index (Phi) is 1.89. The predicted octanol–water partition coefficient (Wildman–Crippen LogP) is 2.68. The van der Waals surface area contributed by atoms with Crippen LogP contribution in [0.15, 0.2) is 12.1 Å². The number of rotatable bonds is 0. The van der Waals surface area contributed by atoms with E-state index < -0.39 is 23.2 Å². The fraction of sp³-hybridized carbons (Fsp3) is 0.455. The van der Waals surface area contributed by atoms with Gasteiger partial charge >= 0.3 is 0 Å². The summed E-state index contributed by atoms with van der Waals surface area (Å²) in [6, 6.07) is 2.09.